The average molecular weight is 175 g/mol. The van der Waals surface area contributed by atoms with Crippen LogP contribution in [0.2, 0.25) is 0 Å². The van der Waals surface area contributed by atoms with Crippen LogP contribution in [-0.2, 0) is 9.47 Å². The lowest BCUT2D eigenvalue weighted by atomic mass is 10.0. The first-order valence-electron chi connectivity index (χ1n) is 4.38. The molecule has 0 fully saturated rings. The van der Waals surface area contributed by atoms with Gasteiger partial charge in [0.1, 0.15) is 0 Å². The van der Waals surface area contributed by atoms with Crippen LogP contribution in [0, 0.1) is 5.92 Å². The summed E-state index contributed by atoms with van der Waals surface area (Å²) in [6, 6.07) is 0.278. The van der Waals surface area contributed by atoms with Crippen LogP contribution in [0.15, 0.2) is 0 Å². The highest BCUT2D eigenvalue weighted by Crippen LogP contribution is 2.10. The largest absolute Gasteiger partial charge is 0.354 e. The second kappa shape index (κ2) is 6.40. The van der Waals surface area contributed by atoms with Gasteiger partial charge in [-0.1, -0.05) is 13.8 Å². The molecule has 74 valence electrons. The van der Waals surface area contributed by atoms with Crippen LogP contribution in [0.1, 0.15) is 20.3 Å². The summed E-state index contributed by atoms with van der Waals surface area (Å²) >= 11 is 0. The normalized spacial score (nSPS) is 14.2. The van der Waals surface area contributed by atoms with Gasteiger partial charge in [-0.3, -0.25) is 0 Å². The lowest BCUT2D eigenvalue weighted by molar-refractivity contribution is -0.124. The molecule has 0 spiro atoms. The van der Waals surface area contributed by atoms with Crippen molar-refractivity contribution < 1.29 is 9.47 Å². The maximum Gasteiger partial charge on any atom is 0.171 e. The van der Waals surface area contributed by atoms with E-state index in [-0.39, 0.29) is 12.3 Å². The Balaban J connectivity index is 3.92. The second-order valence-electron chi connectivity index (χ2n) is 3.36. The van der Waals surface area contributed by atoms with Gasteiger partial charge in [-0.25, -0.2) is 0 Å². The summed E-state index contributed by atoms with van der Waals surface area (Å²) < 4.78 is 10.3. The van der Waals surface area contributed by atoms with E-state index in [4.69, 9.17) is 9.47 Å². The second-order valence-corrected chi connectivity index (χ2v) is 3.36. The molecule has 0 aliphatic rings. The number of methoxy groups -OCH3 is 2. The predicted molar refractivity (Wildman–Crippen MR) is 50.1 cm³/mol. The Morgan fingerprint density at radius 3 is 1.92 bits per heavy atom. The van der Waals surface area contributed by atoms with E-state index in [0.29, 0.717) is 5.92 Å². The van der Waals surface area contributed by atoms with Gasteiger partial charge in [0.15, 0.2) is 6.29 Å². The summed E-state index contributed by atoms with van der Waals surface area (Å²) in [6.07, 6.45) is 0.917. The number of likely N-dealkylation sites (N-methyl/N-ethyl adjacent to an activating group) is 1. The molecule has 0 aromatic rings. The lowest BCUT2D eigenvalue weighted by Crippen LogP contribution is -2.40. The van der Waals surface area contributed by atoms with Gasteiger partial charge in [-0.15, -0.1) is 0 Å². The van der Waals surface area contributed by atoms with E-state index in [0.717, 1.165) is 6.42 Å². The third-order valence-electron chi connectivity index (χ3n) is 1.89. The third-order valence-corrected chi connectivity index (χ3v) is 1.89. The van der Waals surface area contributed by atoms with Crippen molar-refractivity contribution in [1.29, 1.82) is 0 Å². The molecule has 3 heteroatoms. The number of hydrogen-bond donors (Lipinski definition) is 1. The van der Waals surface area contributed by atoms with Crippen LogP contribution in [0.3, 0.4) is 0 Å². The van der Waals surface area contributed by atoms with Gasteiger partial charge in [0.2, 0.25) is 0 Å². The van der Waals surface area contributed by atoms with E-state index in [1.807, 2.05) is 7.05 Å². The summed E-state index contributed by atoms with van der Waals surface area (Å²) in [5.41, 5.74) is 0. The van der Waals surface area contributed by atoms with Crippen molar-refractivity contribution in [2.45, 2.75) is 32.6 Å². The van der Waals surface area contributed by atoms with Crippen molar-refractivity contribution in [3.8, 4) is 0 Å². The zero-order valence-electron chi connectivity index (χ0n) is 8.76. The summed E-state index contributed by atoms with van der Waals surface area (Å²) in [4.78, 5) is 0. The Morgan fingerprint density at radius 2 is 1.67 bits per heavy atom. The standard InChI is InChI=1S/C9H21NO2/c1-7(2)6-8(10-3)9(11-4)12-5/h7-10H,6H2,1-5H3. The van der Waals surface area contributed by atoms with Gasteiger partial charge >= 0.3 is 0 Å². The Morgan fingerprint density at radius 1 is 1.17 bits per heavy atom. The topological polar surface area (TPSA) is 30.5 Å². The summed E-state index contributed by atoms with van der Waals surface area (Å²) in [6.45, 7) is 4.37. The first kappa shape index (κ1) is 11.9. The minimum atomic E-state index is -0.141. The molecule has 3 nitrogen and oxygen atoms in total. The van der Waals surface area contributed by atoms with Crippen LogP contribution in [0.25, 0.3) is 0 Å². The maximum atomic E-state index is 5.17. The van der Waals surface area contributed by atoms with Crippen LogP contribution in [0.4, 0.5) is 0 Å². The third kappa shape index (κ3) is 4.04. The van der Waals surface area contributed by atoms with Crippen LogP contribution in [-0.4, -0.2) is 33.6 Å². The molecular formula is C9H21NO2. The first-order valence-corrected chi connectivity index (χ1v) is 4.38. The number of ether oxygens (including phenoxy) is 2. The van der Waals surface area contributed by atoms with E-state index in [1.165, 1.54) is 0 Å². The fraction of sp³-hybridized carbons (Fsp3) is 1.00. The zero-order chi connectivity index (χ0) is 9.56. The fourth-order valence-electron chi connectivity index (χ4n) is 1.30. The average Bonchev–Trinajstić information content (AvgIpc) is 2.04. The van der Waals surface area contributed by atoms with E-state index < -0.39 is 0 Å². The minimum Gasteiger partial charge on any atom is -0.354 e. The molecule has 12 heavy (non-hydrogen) atoms. The summed E-state index contributed by atoms with van der Waals surface area (Å²) in [7, 11) is 5.26. The number of rotatable bonds is 6. The van der Waals surface area contributed by atoms with Gasteiger partial charge in [-0.2, -0.15) is 0 Å². The molecule has 0 aromatic heterocycles. The van der Waals surface area contributed by atoms with Crippen LogP contribution >= 0.6 is 0 Å². The smallest absolute Gasteiger partial charge is 0.171 e. The van der Waals surface area contributed by atoms with Crippen molar-refractivity contribution >= 4 is 0 Å². The molecule has 0 heterocycles. The van der Waals surface area contributed by atoms with E-state index in [2.05, 4.69) is 19.2 Å². The van der Waals surface area contributed by atoms with Crippen molar-refractivity contribution in [3.63, 3.8) is 0 Å². The zero-order valence-corrected chi connectivity index (χ0v) is 8.76. The SMILES string of the molecule is CNC(CC(C)C)C(OC)OC. The first-order chi connectivity index (χ1) is 5.65. The highest BCUT2D eigenvalue weighted by atomic mass is 16.7. The Kier molecular flexibility index (Phi) is 6.34. The molecule has 0 aromatic carbocycles. The van der Waals surface area contributed by atoms with Crippen molar-refractivity contribution in [2.24, 2.45) is 5.92 Å². The van der Waals surface area contributed by atoms with Crippen LogP contribution in [0.5, 0.6) is 0 Å². The Bertz CT molecular complexity index is 103. The Hall–Kier alpha value is -0.120. The lowest BCUT2D eigenvalue weighted by Gasteiger charge is -2.25. The highest BCUT2D eigenvalue weighted by molar-refractivity contribution is 4.69. The van der Waals surface area contributed by atoms with Crippen molar-refractivity contribution in [2.75, 3.05) is 21.3 Å². The molecule has 0 aliphatic heterocycles. The molecule has 0 bridgehead atoms. The molecule has 1 atom stereocenters. The quantitative estimate of drug-likeness (QED) is 0.616. The van der Waals surface area contributed by atoms with Crippen LogP contribution < -0.4 is 5.32 Å². The molecule has 0 saturated heterocycles. The predicted octanol–water partition coefficient (Wildman–Crippen LogP) is 1.24. The van der Waals surface area contributed by atoms with Gasteiger partial charge in [-0.05, 0) is 19.4 Å². The monoisotopic (exact) mass is 175 g/mol. The molecular weight excluding hydrogens is 154 g/mol. The molecule has 0 radical (unpaired) electrons. The van der Waals surface area contributed by atoms with Gasteiger partial charge in [0.05, 0.1) is 6.04 Å². The fourth-order valence-corrected chi connectivity index (χ4v) is 1.30. The molecule has 0 rings (SSSR count). The van der Waals surface area contributed by atoms with Gasteiger partial charge in [0, 0.05) is 14.2 Å². The van der Waals surface area contributed by atoms with E-state index in [9.17, 15) is 0 Å². The molecule has 0 saturated carbocycles. The van der Waals surface area contributed by atoms with Crippen molar-refractivity contribution in [1.82, 2.24) is 5.32 Å². The molecule has 0 aliphatic carbocycles. The summed E-state index contributed by atoms with van der Waals surface area (Å²) in [5.74, 6) is 0.648. The van der Waals surface area contributed by atoms with Gasteiger partial charge < -0.3 is 14.8 Å². The summed E-state index contributed by atoms with van der Waals surface area (Å²) in [5, 5.41) is 3.19. The Labute approximate surface area is 75.4 Å². The number of nitrogens with one attached hydrogen (secondary N) is 1. The van der Waals surface area contributed by atoms with E-state index >= 15 is 0 Å². The molecule has 0 amide bonds. The molecule has 1 N–H and O–H groups in total. The van der Waals surface area contributed by atoms with Crippen molar-refractivity contribution in [3.05, 3.63) is 0 Å². The van der Waals surface area contributed by atoms with Gasteiger partial charge in [0.25, 0.3) is 0 Å². The maximum absolute atomic E-state index is 5.17. The minimum absolute atomic E-state index is 0.141. The number of hydrogen-bond acceptors (Lipinski definition) is 3. The van der Waals surface area contributed by atoms with E-state index in [1.54, 1.807) is 14.2 Å². The highest BCUT2D eigenvalue weighted by Gasteiger charge is 2.19. The molecule has 1 unspecified atom stereocenters.